The maximum atomic E-state index is 11.5. The van der Waals surface area contributed by atoms with Crippen LogP contribution < -0.4 is 10.6 Å². The Bertz CT molecular complexity index is 466. The highest BCUT2D eigenvalue weighted by molar-refractivity contribution is 7.11. The molecule has 1 unspecified atom stereocenters. The Kier molecular flexibility index (Phi) is 6.61. The van der Waals surface area contributed by atoms with E-state index >= 15 is 0 Å². The zero-order valence-corrected chi connectivity index (χ0v) is 14.7. The minimum atomic E-state index is -0.446. The van der Waals surface area contributed by atoms with Gasteiger partial charge in [0.25, 0.3) is 0 Å². The number of amides is 1. The van der Waals surface area contributed by atoms with Crippen molar-refractivity contribution in [2.24, 2.45) is 0 Å². The summed E-state index contributed by atoms with van der Waals surface area (Å²) in [4.78, 5) is 17.2. The number of rotatable bonds is 6. The van der Waals surface area contributed by atoms with Crippen LogP contribution in [0, 0.1) is 13.8 Å². The number of hydrogen-bond acceptors (Lipinski definition) is 5. The minimum absolute atomic E-state index is 0.290. The summed E-state index contributed by atoms with van der Waals surface area (Å²) in [5, 5.41) is 7.31. The van der Waals surface area contributed by atoms with Gasteiger partial charge >= 0.3 is 6.09 Å². The van der Waals surface area contributed by atoms with E-state index in [9.17, 15) is 4.79 Å². The summed E-state index contributed by atoms with van der Waals surface area (Å²) < 4.78 is 5.18. The van der Waals surface area contributed by atoms with Crippen molar-refractivity contribution >= 4 is 17.4 Å². The van der Waals surface area contributed by atoms with Crippen molar-refractivity contribution in [1.82, 2.24) is 15.6 Å². The number of thiazole rings is 1. The molecule has 6 heteroatoms. The van der Waals surface area contributed by atoms with E-state index in [4.69, 9.17) is 4.74 Å². The molecule has 0 aliphatic heterocycles. The number of aromatic nitrogens is 1. The summed E-state index contributed by atoms with van der Waals surface area (Å²) in [5.41, 5.74) is 0.655. The van der Waals surface area contributed by atoms with E-state index in [1.807, 2.05) is 34.6 Å². The highest BCUT2D eigenvalue weighted by atomic mass is 32.1. The molecule has 21 heavy (non-hydrogen) atoms. The fourth-order valence-electron chi connectivity index (χ4n) is 1.95. The van der Waals surface area contributed by atoms with Crippen LogP contribution in [0.3, 0.4) is 0 Å². The number of alkyl carbamates (subject to hydrolysis) is 1. The Morgan fingerprint density at radius 2 is 2.00 bits per heavy atom. The topological polar surface area (TPSA) is 63.2 Å². The van der Waals surface area contributed by atoms with Crippen LogP contribution in [0.25, 0.3) is 0 Å². The zero-order valence-electron chi connectivity index (χ0n) is 13.9. The Morgan fingerprint density at radius 1 is 1.33 bits per heavy atom. The van der Waals surface area contributed by atoms with E-state index in [0.717, 1.165) is 23.7 Å². The van der Waals surface area contributed by atoms with Gasteiger partial charge in [-0.2, -0.15) is 0 Å². The zero-order chi connectivity index (χ0) is 16.0. The number of nitrogens with zero attached hydrogens (tertiary/aromatic N) is 1. The third-order valence-corrected chi connectivity index (χ3v) is 4.06. The second-order valence-corrected chi connectivity index (χ2v) is 7.38. The van der Waals surface area contributed by atoms with Crippen LogP contribution in [0.1, 0.15) is 55.7 Å². The van der Waals surface area contributed by atoms with Gasteiger partial charge in [-0.15, -0.1) is 11.3 Å². The molecular formula is C15H27N3O2S. The van der Waals surface area contributed by atoms with Gasteiger partial charge < -0.3 is 15.4 Å². The number of hydrogen-bond donors (Lipinski definition) is 2. The summed E-state index contributed by atoms with van der Waals surface area (Å²) >= 11 is 1.73. The molecule has 1 aromatic rings. The predicted octanol–water partition coefficient (Wildman–Crippen LogP) is 3.33. The summed E-state index contributed by atoms with van der Waals surface area (Å²) in [6.07, 6.45) is 0.505. The number of carbonyl (C=O) groups excluding carboxylic acids is 1. The molecule has 0 fully saturated rings. The van der Waals surface area contributed by atoms with E-state index < -0.39 is 5.60 Å². The molecule has 1 aromatic heterocycles. The van der Waals surface area contributed by atoms with Crippen LogP contribution in [0.5, 0.6) is 0 Å². The van der Waals surface area contributed by atoms with Gasteiger partial charge in [0.1, 0.15) is 5.60 Å². The van der Waals surface area contributed by atoms with Crippen LogP contribution in [0.2, 0.25) is 0 Å². The molecule has 2 N–H and O–H groups in total. The van der Waals surface area contributed by atoms with Crippen LogP contribution in [-0.2, 0) is 4.74 Å². The Hall–Kier alpha value is -1.14. The second-order valence-electron chi connectivity index (χ2n) is 6.14. The first-order valence-electron chi connectivity index (χ1n) is 7.33. The Balaban J connectivity index is 2.20. The second kappa shape index (κ2) is 7.75. The highest BCUT2D eigenvalue weighted by Gasteiger charge is 2.15. The average Bonchev–Trinajstić information content (AvgIpc) is 2.65. The monoisotopic (exact) mass is 313 g/mol. The molecular weight excluding hydrogens is 286 g/mol. The van der Waals surface area contributed by atoms with Crippen molar-refractivity contribution in [2.75, 3.05) is 13.1 Å². The van der Waals surface area contributed by atoms with Crippen molar-refractivity contribution in [3.63, 3.8) is 0 Å². The van der Waals surface area contributed by atoms with Crippen LogP contribution in [0.4, 0.5) is 4.79 Å². The van der Waals surface area contributed by atoms with Crippen molar-refractivity contribution in [3.8, 4) is 0 Å². The standard InChI is InChI=1S/C15H27N3O2S/c1-10(13-11(2)18-12(3)21-13)16-8-7-9-17-14(19)20-15(4,5)6/h10,16H,7-9H2,1-6H3,(H,17,19). The molecule has 1 atom stereocenters. The number of aryl methyl sites for hydroxylation is 2. The van der Waals surface area contributed by atoms with Gasteiger partial charge in [0.15, 0.2) is 0 Å². The van der Waals surface area contributed by atoms with Gasteiger partial charge in [0, 0.05) is 17.5 Å². The summed E-state index contributed by atoms with van der Waals surface area (Å²) in [7, 11) is 0. The van der Waals surface area contributed by atoms with Gasteiger partial charge in [0.2, 0.25) is 0 Å². The fourth-order valence-corrected chi connectivity index (χ4v) is 2.91. The molecule has 0 aliphatic carbocycles. The maximum Gasteiger partial charge on any atom is 0.407 e. The third-order valence-electron chi connectivity index (χ3n) is 2.80. The molecule has 0 aliphatic rings. The van der Waals surface area contributed by atoms with Crippen molar-refractivity contribution in [3.05, 3.63) is 15.6 Å². The van der Waals surface area contributed by atoms with Crippen LogP contribution in [0.15, 0.2) is 0 Å². The SMILES string of the molecule is Cc1nc(C)c(C(C)NCCCNC(=O)OC(C)(C)C)s1. The van der Waals surface area contributed by atoms with Crippen molar-refractivity contribution in [1.29, 1.82) is 0 Å². The lowest BCUT2D eigenvalue weighted by Gasteiger charge is -2.19. The van der Waals surface area contributed by atoms with E-state index in [1.54, 1.807) is 11.3 Å². The summed E-state index contributed by atoms with van der Waals surface area (Å²) in [6.45, 7) is 13.2. The number of ether oxygens (including phenoxy) is 1. The normalized spacial score (nSPS) is 13.0. The molecule has 5 nitrogen and oxygen atoms in total. The van der Waals surface area contributed by atoms with Gasteiger partial charge in [0.05, 0.1) is 10.7 Å². The van der Waals surface area contributed by atoms with Crippen molar-refractivity contribution in [2.45, 2.75) is 59.6 Å². The summed E-state index contributed by atoms with van der Waals surface area (Å²) in [6, 6.07) is 0.290. The van der Waals surface area contributed by atoms with Crippen molar-refractivity contribution < 1.29 is 9.53 Å². The lowest BCUT2D eigenvalue weighted by molar-refractivity contribution is 0.0527. The lowest BCUT2D eigenvalue weighted by Crippen LogP contribution is -2.34. The number of carbonyl (C=O) groups is 1. The Morgan fingerprint density at radius 3 is 2.52 bits per heavy atom. The lowest BCUT2D eigenvalue weighted by atomic mass is 10.2. The Labute approximate surface area is 131 Å². The van der Waals surface area contributed by atoms with Gasteiger partial charge in [-0.1, -0.05) is 0 Å². The van der Waals surface area contributed by atoms with Gasteiger partial charge in [-0.3, -0.25) is 0 Å². The van der Waals surface area contributed by atoms with Gasteiger partial charge in [-0.25, -0.2) is 9.78 Å². The predicted molar refractivity (Wildman–Crippen MR) is 86.9 cm³/mol. The molecule has 0 aromatic carbocycles. The van der Waals surface area contributed by atoms with E-state index in [0.29, 0.717) is 6.54 Å². The first-order valence-corrected chi connectivity index (χ1v) is 8.15. The van der Waals surface area contributed by atoms with E-state index in [1.165, 1.54) is 4.88 Å². The molecule has 0 bridgehead atoms. The largest absolute Gasteiger partial charge is 0.444 e. The average molecular weight is 313 g/mol. The smallest absolute Gasteiger partial charge is 0.407 e. The third kappa shape index (κ3) is 6.91. The molecule has 1 heterocycles. The minimum Gasteiger partial charge on any atom is -0.444 e. The van der Waals surface area contributed by atoms with E-state index in [-0.39, 0.29) is 12.1 Å². The fraction of sp³-hybridized carbons (Fsp3) is 0.733. The molecule has 0 saturated carbocycles. The molecule has 1 rings (SSSR count). The quantitative estimate of drug-likeness (QED) is 0.791. The van der Waals surface area contributed by atoms with Gasteiger partial charge in [-0.05, 0) is 54.5 Å². The molecule has 120 valence electrons. The number of nitrogens with one attached hydrogen (secondary N) is 2. The summed E-state index contributed by atoms with van der Waals surface area (Å²) in [5.74, 6) is 0. The van der Waals surface area contributed by atoms with Crippen LogP contribution >= 0.6 is 11.3 Å². The maximum absolute atomic E-state index is 11.5. The van der Waals surface area contributed by atoms with E-state index in [2.05, 4.69) is 22.5 Å². The first-order chi connectivity index (χ1) is 9.69. The first kappa shape index (κ1) is 17.9. The van der Waals surface area contributed by atoms with Crippen LogP contribution in [-0.4, -0.2) is 29.8 Å². The highest BCUT2D eigenvalue weighted by Crippen LogP contribution is 2.24. The molecule has 0 radical (unpaired) electrons. The molecule has 0 spiro atoms. The molecule has 1 amide bonds. The molecule has 0 saturated heterocycles.